The largest absolute Gasteiger partial charge is 0.475 e. The van der Waals surface area contributed by atoms with Gasteiger partial charge in [0.05, 0.1) is 32.8 Å². The van der Waals surface area contributed by atoms with Gasteiger partial charge in [-0.1, -0.05) is 78.9 Å². The van der Waals surface area contributed by atoms with E-state index in [2.05, 4.69) is 25.6 Å². The summed E-state index contributed by atoms with van der Waals surface area (Å²) in [5.41, 5.74) is 3.14. The van der Waals surface area contributed by atoms with E-state index in [1.165, 1.54) is 0 Å². The smallest absolute Gasteiger partial charge is 0.449 e. The molecular weight excluding hydrogens is 619 g/mol. The predicted molar refractivity (Wildman–Crippen MR) is 171 cm³/mol. The lowest BCUT2D eigenvalue weighted by Crippen LogP contribution is -2.25. The summed E-state index contributed by atoms with van der Waals surface area (Å²) < 4.78 is 38.7. The van der Waals surface area contributed by atoms with Gasteiger partial charge < -0.3 is 14.6 Å². The molecule has 3 aromatic carbocycles. The highest BCUT2D eigenvalue weighted by atomic mass is 35.5. The van der Waals surface area contributed by atoms with E-state index in [0.717, 1.165) is 11.1 Å². The Morgan fingerprint density at radius 3 is 2.07 bits per heavy atom. The average molecular weight is 651 g/mol. The van der Waals surface area contributed by atoms with Crippen LogP contribution < -0.4 is 10.6 Å². The van der Waals surface area contributed by atoms with Crippen molar-refractivity contribution in [2.24, 2.45) is 5.92 Å². The van der Waals surface area contributed by atoms with Gasteiger partial charge in [0.1, 0.15) is 0 Å². The Balaban J connectivity index is 1.34. The number of anilines is 2. The molecule has 1 unspecified atom stereocenters. The van der Waals surface area contributed by atoms with Crippen LogP contribution in [0.3, 0.4) is 0 Å². The zero-order valence-corrected chi connectivity index (χ0v) is 26.1. The summed E-state index contributed by atoms with van der Waals surface area (Å²) in [6.45, 7) is -0.0445. The third-order valence-corrected chi connectivity index (χ3v) is 8.06. The molecule has 0 fully saturated rings. The number of hydrogen-bond acceptors (Lipinski definition) is 10. The molecule has 0 radical (unpaired) electrons. The highest BCUT2D eigenvalue weighted by Gasteiger charge is 2.30. The highest BCUT2D eigenvalue weighted by molar-refractivity contribution is 7.48. The van der Waals surface area contributed by atoms with E-state index in [0.29, 0.717) is 22.7 Å². The molecule has 14 heteroatoms. The normalized spacial score (nSPS) is 12.1. The highest BCUT2D eigenvalue weighted by Crippen LogP contribution is 2.51. The van der Waals surface area contributed by atoms with Gasteiger partial charge in [-0.25, -0.2) is 14.3 Å². The van der Waals surface area contributed by atoms with Crippen LogP contribution in [-0.2, 0) is 42.6 Å². The summed E-state index contributed by atoms with van der Waals surface area (Å²) in [6, 6.07) is 27.5. The summed E-state index contributed by atoms with van der Waals surface area (Å²) in [4.78, 5) is 25.6. The fraction of sp³-hybridized carbons (Fsp3) is 0.226. The van der Waals surface area contributed by atoms with E-state index in [1.54, 1.807) is 42.2 Å². The molecule has 0 aliphatic carbocycles. The molecule has 234 valence electrons. The SMILES string of the molecule is CNc1nc(Cl)nc2c1ncn2CC(COC(=O)Nc1ccccc1)COP(=O)(OCc1ccccc1)OCc1ccccc1. The first kappa shape index (κ1) is 32.1. The van der Waals surface area contributed by atoms with Crippen LogP contribution in [0.2, 0.25) is 5.28 Å². The molecule has 0 spiro atoms. The molecule has 1 amide bonds. The average Bonchev–Trinajstić information content (AvgIpc) is 3.47. The summed E-state index contributed by atoms with van der Waals surface area (Å²) >= 11 is 6.16. The number of rotatable bonds is 15. The first-order valence-corrected chi connectivity index (χ1v) is 15.9. The number of fused-ring (bicyclic) bond motifs is 1. The summed E-state index contributed by atoms with van der Waals surface area (Å²) in [7, 11) is -2.40. The van der Waals surface area contributed by atoms with Gasteiger partial charge in [0.2, 0.25) is 5.28 Å². The van der Waals surface area contributed by atoms with Crippen molar-refractivity contribution in [3.8, 4) is 0 Å². The number of phosphoric acid groups is 1. The monoisotopic (exact) mass is 650 g/mol. The molecule has 0 saturated carbocycles. The Bertz CT molecular complexity index is 1680. The zero-order valence-electron chi connectivity index (χ0n) is 24.4. The molecule has 2 aromatic heterocycles. The second-order valence-electron chi connectivity index (χ2n) is 9.88. The number of carbonyl (C=O) groups excluding carboxylic acids is 1. The van der Waals surface area contributed by atoms with Crippen molar-refractivity contribution in [3.05, 3.63) is 114 Å². The van der Waals surface area contributed by atoms with Crippen LogP contribution >= 0.6 is 19.4 Å². The minimum Gasteiger partial charge on any atom is -0.449 e. The standard InChI is InChI=1S/C31H32ClN6O6P/c1-33-28-27-29(37-30(32)36-28)38(22-34-27)17-25(18-41-31(39)35-26-15-9-4-10-16-26)21-44-45(40,42-19-23-11-5-2-6-12-23)43-20-24-13-7-3-8-14-24/h2-16,22,25H,17-21H2,1H3,(H,35,39)(H,33,36,37). The van der Waals surface area contributed by atoms with Crippen LogP contribution in [-0.4, -0.2) is 45.9 Å². The van der Waals surface area contributed by atoms with Crippen molar-refractivity contribution in [1.29, 1.82) is 0 Å². The number of benzene rings is 3. The van der Waals surface area contributed by atoms with Crippen LogP contribution in [0.1, 0.15) is 11.1 Å². The number of nitrogens with one attached hydrogen (secondary N) is 2. The van der Waals surface area contributed by atoms with Gasteiger partial charge in [-0.15, -0.1) is 0 Å². The maximum absolute atomic E-state index is 13.9. The Morgan fingerprint density at radius 1 is 0.867 bits per heavy atom. The van der Waals surface area contributed by atoms with Crippen LogP contribution in [0.5, 0.6) is 0 Å². The summed E-state index contributed by atoms with van der Waals surface area (Å²) in [5, 5.41) is 5.68. The molecular formula is C31H32ClN6O6P. The number of hydrogen-bond donors (Lipinski definition) is 2. The quantitative estimate of drug-likeness (QED) is 0.0904. The Morgan fingerprint density at radius 2 is 1.47 bits per heavy atom. The lowest BCUT2D eigenvalue weighted by molar-refractivity contribution is 0.0689. The Labute approximate surface area is 265 Å². The van der Waals surface area contributed by atoms with Gasteiger partial charge in [0, 0.05) is 25.2 Å². The maximum Gasteiger partial charge on any atom is 0.475 e. The number of carbonyl (C=O) groups is 1. The van der Waals surface area contributed by atoms with Crippen molar-refractivity contribution in [2.75, 3.05) is 30.9 Å². The van der Waals surface area contributed by atoms with E-state index in [4.69, 9.17) is 29.9 Å². The van der Waals surface area contributed by atoms with Gasteiger partial charge in [0.15, 0.2) is 17.0 Å². The second-order valence-corrected chi connectivity index (χ2v) is 11.9. The molecule has 5 rings (SSSR count). The van der Waals surface area contributed by atoms with E-state index >= 15 is 0 Å². The molecule has 45 heavy (non-hydrogen) atoms. The van der Waals surface area contributed by atoms with Crippen LogP contribution in [0.4, 0.5) is 16.3 Å². The fourth-order valence-electron chi connectivity index (χ4n) is 4.29. The van der Waals surface area contributed by atoms with Crippen molar-refractivity contribution in [3.63, 3.8) is 0 Å². The number of para-hydroxylation sites is 1. The maximum atomic E-state index is 13.9. The second kappa shape index (κ2) is 15.6. The molecule has 0 saturated heterocycles. The molecule has 0 bridgehead atoms. The number of aromatic nitrogens is 4. The van der Waals surface area contributed by atoms with Gasteiger partial charge in [-0.05, 0) is 34.9 Å². The lowest BCUT2D eigenvalue weighted by Gasteiger charge is -2.22. The molecule has 0 aliphatic heterocycles. The van der Waals surface area contributed by atoms with Gasteiger partial charge in [-0.2, -0.15) is 9.97 Å². The van der Waals surface area contributed by atoms with Crippen molar-refractivity contribution >= 4 is 48.2 Å². The predicted octanol–water partition coefficient (Wildman–Crippen LogP) is 6.94. The van der Waals surface area contributed by atoms with Crippen LogP contribution in [0.15, 0.2) is 97.3 Å². The molecule has 1 atom stereocenters. The molecule has 2 heterocycles. The first-order chi connectivity index (χ1) is 21.9. The van der Waals surface area contributed by atoms with Gasteiger partial charge in [-0.3, -0.25) is 18.9 Å². The topological polar surface area (TPSA) is 139 Å². The minimum atomic E-state index is -4.10. The van der Waals surface area contributed by atoms with E-state index in [9.17, 15) is 9.36 Å². The van der Waals surface area contributed by atoms with Gasteiger partial charge >= 0.3 is 13.9 Å². The third-order valence-electron chi connectivity index (χ3n) is 6.53. The molecule has 12 nitrogen and oxygen atoms in total. The zero-order chi connectivity index (χ0) is 31.5. The van der Waals surface area contributed by atoms with Crippen molar-refractivity contribution in [1.82, 2.24) is 19.5 Å². The minimum absolute atomic E-state index is 0.00191. The lowest BCUT2D eigenvalue weighted by atomic mass is 10.2. The number of nitrogens with zero attached hydrogens (tertiary/aromatic N) is 4. The first-order valence-electron chi connectivity index (χ1n) is 14.1. The molecule has 5 aromatic rings. The molecule has 0 aliphatic rings. The van der Waals surface area contributed by atoms with Crippen LogP contribution in [0.25, 0.3) is 11.2 Å². The number of amides is 1. The van der Waals surface area contributed by atoms with Crippen molar-refractivity contribution < 1.29 is 27.7 Å². The van der Waals surface area contributed by atoms with E-state index < -0.39 is 19.8 Å². The number of phosphoric ester groups is 1. The number of ether oxygens (including phenoxy) is 1. The Hall–Kier alpha value is -4.32. The van der Waals surface area contributed by atoms with Gasteiger partial charge in [0.25, 0.3) is 0 Å². The van der Waals surface area contributed by atoms with E-state index in [1.807, 2.05) is 66.7 Å². The number of halogens is 1. The van der Waals surface area contributed by atoms with Crippen LogP contribution in [0, 0.1) is 5.92 Å². The third kappa shape index (κ3) is 9.34. The van der Waals surface area contributed by atoms with E-state index in [-0.39, 0.29) is 38.3 Å². The molecule has 2 N–H and O–H groups in total. The van der Waals surface area contributed by atoms with Crippen molar-refractivity contribution in [2.45, 2.75) is 19.8 Å². The number of imidazole rings is 1. The summed E-state index contributed by atoms with van der Waals surface area (Å²) in [6.07, 6.45) is 0.915. The Kier molecular flexibility index (Phi) is 11.1. The fourth-order valence-corrected chi connectivity index (χ4v) is 5.69. The summed E-state index contributed by atoms with van der Waals surface area (Å²) in [5.74, 6) is -0.0761.